The van der Waals surface area contributed by atoms with Crippen LogP contribution in [-0.4, -0.2) is 38.0 Å². The lowest BCUT2D eigenvalue weighted by atomic mass is 9.91. The number of nitrogens with zero attached hydrogens (tertiary/aromatic N) is 4. The van der Waals surface area contributed by atoms with E-state index in [9.17, 15) is 0 Å². The van der Waals surface area contributed by atoms with Gasteiger partial charge in [0.25, 0.3) is 0 Å². The summed E-state index contributed by atoms with van der Waals surface area (Å²) in [5, 5.41) is 17.3. The number of aromatic nitrogens is 4. The van der Waals surface area contributed by atoms with Gasteiger partial charge in [-0.05, 0) is 42.0 Å². The molecule has 1 heterocycles. The zero-order valence-electron chi connectivity index (χ0n) is 11.6. The molecule has 2 saturated carbocycles. The highest BCUT2D eigenvalue weighted by atomic mass is 32.2. The molecule has 5 nitrogen and oxygen atoms in total. The van der Waals surface area contributed by atoms with E-state index in [2.05, 4.69) is 27.8 Å². The molecule has 0 radical (unpaired) electrons. The Morgan fingerprint density at radius 1 is 1.32 bits per heavy atom. The molecule has 1 aromatic heterocycles. The second kappa shape index (κ2) is 6.22. The Labute approximate surface area is 118 Å². The van der Waals surface area contributed by atoms with Gasteiger partial charge in [-0.15, -0.1) is 5.10 Å². The summed E-state index contributed by atoms with van der Waals surface area (Å²) in [5.41, 5.74) is 0. The van der Waals surface area contributed by atoms with E-state index in [1.807, 2.05) is 16.4 Å². The lowest BCUT2D eigenvalue weighted by Gasteiger charge is -2.25. The molecule has 2 aliphatic carbocycles. The fraction of sp³-hybridized carbons (Fsp3) is 0.923. The smallest absolute Gasteiger partial charge is 0.209 e. The number of hydrogen-bond acceptors (Lipinski definition) is 5. The summed E-state index contributed by atoms with van der Waals surface area (Å²) in [6, 6.07) is 0.756. The van der Waals surface area contributed by atoms with Crippen molar-refractivity contribution in [3.63, 3.8) is 0 Å². The fourth-order valence-electron chi connectivity index (χ4n) is 2.72. The summed E-state index contributed by atoms with van der Waals surface area (Å²) in [5.74, 6) is 0.854. The van der Waals surface area contributed by atoms with Crippen molar-refractivity contribution in [3.05, 3.63) is 0 Å². The van der Waals surface area contributed by atoms with Gasteiger partial charge in [0, 0.05) is 17.8 Å². The Bertz CT molecular complexity index is 403. The van der Waals surface area contributed by atoms with Crippen LogP contribution in [-0.2, 0) is 6.54 Å². The average Bonchev–Trinajstić information content (AvgIpc) is 3.11. The molecule has 2 fully saturated rings. The second-order valence-electron chi connectivity index (χ2n) is 5.92. The molecule has 2 aliphatic rings. The van der Waals surface area contributed by atoms with Crippen LogP contribution in [0.4, 0.5) is 0 Å². The Hall–Kier alpha value is -0.620. The van der Waals surface area contributed by atoms with Gasteiger partial charge in [-0.3, -0.25) is 0 Å². The number of rotatable bonds is 6. The molecule has 0 saturated heterocycles. The van der Waals surface area contributed by atoms with Gasteiger partial charge in [0.2, 0.25) is 5.16 Å². The van der Waals surface area contributed by atoms with Gasteiger partial charge in [0.15, 0.2) is 0 Å². The maximum Gasteiger partial charge on any atom is 0.209 e. The van der Waals surface area contributed by atoms with E-state index in [0.717, 1.165) is 30.2 Å². The van der Waals surface area contributed by atoms with E-state index >= 15 is 0 Å². The first-order chi connectivity index (χ1) is 9.31. The van der Waals surface area contributed by atoms with E-state index in [-0.39, 0.29) is 0 Å². The number of nitrogens with one attached hydrogen (secondary N) is 1. The first-order valence-electron chi connectivity index (χ1n) is 7.47. The third-order valence-electron chi connectivity index (χ3n) is 3.99. The Morgan fingerprint density at radius 3 is 3.00 bits per heavy atom. The van der Waals surface area contributed by atoms with Gasteiger partial charge >= 0.3 is 0 Å². The molecule has 0 bridgehead atoms. The summed E-state index contributed by atoms with van der Waals surface area (Å²) in [7, 11) is 0. The van der Waals surface area contributed by atoms with E-state index in [1.165, 1.54) is 38.5 Å². The van der Waals surface area contributed by atoms with Crippen LogP contribution in [0.1, 0.15) is 45.4 Å². The predicted molar refractivity (Wildman–Crippen MR) is 76.1 cm³/mol. The van der Waals surface area contributed by atoms with Crippen LogP contribution < -0.4 is 5.32 Å². The van der Waals surface area contributed by atoms with E-state index < -0.39 is 0 Å². The van der Waals surface area contributed by atoms with Gasteiger partial charge in [0.05, 0.1) is 6.54 Å². The summed E-state index contributed by atoms with van der Waals surface area (Å²) >= 11 is 1.88. The largest absolute Gasteiger partial charge is 0.312 e. The maximum absolute atomic E-state index is 4.19. The van der Waals surface area contributed by atoms with Crippen LogP contribution in [0.5, 0.6) is 0 Å². The van der Waals surface area contributed by atoms with Crippen LogP contribution in [0, 0.1) is 5.92 Å². The molecule has 1 aromatic rings. The van der Waals surface area contributed by atoms with Gasteiger partial charge in [0.1, 0.15) is 0 Å². The van der Waals surface area contributed by atoms with Crippen LogP contribution in [0.3, 0.4) is 0 Å². The first kappa shape index (κ1) is 13.4. The predicted octanol–water partition coefficient (Wildman–Crippen LogP) is 2.10. The normalized spacial score (nSPS) is 27.6. The quantitative estimate of drug-likeness (QED) is 0.865. The molecule has 0 amide bonds. The van der Waals surface area contributed by atoms with Gasteiger partial charge in [-0.2, -0.15) is 0 Å². The zero-order valence-corrected chi connectivity index (χ0v) is 12.4. The third-order valence-corrected chi connectivity index (χ3v) is 5.26. The van der Waals surface area contributed by atoms with Crippen molar-refractivity contribution in [1.29, 1.82) is 0 Å². The zero-order chi connectivity index (χ0) is 13.1. The molecule has 0 spiro atoms. The van der Waals surface area contributed by atoms with Gasteiger partial charge in [-0.25, -0.2) is 4.68 Å². The van der Waals surface area contributed by atoms with E-state index in [4.69, 9.17) is 0 Å². The topological polar surface area (TPSA) is 55.6 Å². The molecular formula is C13H23N5S. The Balaban J connectivity index is 1.50. The minimum absolute atomic E-state index is 0.699. The highest BCUT2D eigenvalue weighted by Gasteiger charge is 2.23. The standard InChI is InChI=1S/C13H23N5S/c1-10-3-2-4-12(9-10)19-13-15-16-17-18(13)8-7-14-11-5-6-11/h10-12,14H,2-9H2,1H3. The van der Waals surface area contributed by atoms with Crippen molar-refractivity contribution in [2.24, 2.45) is 5.92 Å². The number of tetrazole rings is 1. The highest BCUT2D eigenvalue weighted by molar-refractivity contribution is 7.99. The van der Waals surface area contributed by atoms with E-state index in [1.54, 1.807) is 0 Å². The fourth-order valence-corrected chi connectivity index (χ4v) is 4.06. The Kier molecular flexibility index (Phi) is 4.38. The maximum atomic E-state index is 4.19. The van der Waals surface area contributed by atoms with Gasteiger partial charge < -0.3 is 5.32 Å². The van der Waals surface area contributed by atoms with Crippen molar-refractivity contribution in [2.75, 3.05) is 6.54 Å². The monoisotopic (exact) mass is 281 g/mol. The molecule has 0 aromatic carbocycles. The molecule has 1 N–H and O–H groups in total. The second-order valence-corrected chi connectivity index (χ2v) is 7.19. The molecule has 2 unspecified atom stereocenters. The highest BCUT2D eigenvalue weighted by Crippen LogP contribution is 2.34. The summed E-state index contributed by atoms with van der Waals surface area (Å²) in [6.07, 6.45) is 8.01. The van der Waals surface area contributed by atoms with Crippen LogP contribution in [0.25, 0.3) is 0 Å². The van der Waals surface area contributed by atoms with Crippen LogP contribution in [0.15, 0.2) is 5.16 Å². The summed E-state index contributed by atoms with van der Waals surface area (Å²) in [4.78, 5) is 0. The van der Waals surface area contributed by atoms with Crippen molar-refractivity contribution < 1.29 is 0 Å². The minimum atomic E-state index is 0.699. The average molecular weight is 281 g/mol. The number of hydrogen-bond donors (Lipinski definition) is 1. The van der Waals surface area contributed by atoms with Crippen molar-refractivity contribution >= 4 is 11.8 Å². The summed E-state index contributed by atoms with van der Waals surface area (Å²) in [6.45, 7) is 4.22. The van der Waals surface area contributed by atoms with Crippen LogP contribution in [0.2, 0.25) is 0 Å². The Morgan fingerprint density at radius 2 is 2.21 bits per heavy atom. The molecular weight excluding hydrogens is 258 g/mol. The summed E-state index contributed by atoms with van der Waals surface area (Å²) < 4.78 is 1.96. The third kappa shape index (κ3) is 3.92. The molecule has 6 heteroatoms. The molecule has 106 valence electrons. The minimum Gasteiger partial charge on any atom is -0.312 e. The first-order valence-corrected chi connectivity index (χ1v) is 8.35. The van der Waals surface area contributed by atoms with Crippen LogP contribution >= 0.6 is 11.8 Å². The lowest BCUT2D eigenvalue weighted by molar-refractivity contribution is 0.393. The lowest BCUT2D eigenvalue weighted by Crippen LogP contribution is -2.23. The number of thioether (sulfide) groups is 1. The molecule has 0 aliphatic heterocycles. The molecule has 2 atom stereocenters. The van der Waals surface area contributed by atoms with Crippen molar-refractivity contribution in [3.8, 4) is 0 Å². The molecule has 3 rings (SSSR count). The van der Waals surface area contributed by atoms with Gasteiger partial charge in [-0.1, -0.05) is 31.5 Å². The van der Waals surface area contributed by atoms with Crippen molar-refractivity contribution in [1.82, 2.24) is 25.5 Å². The molecule has 19 heavy (non-hydrogen) atoms. The SMILES string of the molecule is CC1CCCC(Sc2nnnn2CCNC2CC2)C1. The van der Waals surface area contributed by atoms with E-state index in [0.29, 0.717) is 5.25 Å². The van der Waals surface area contributed by atoms with Crippen molar-refractivity contribution in [2.45, 2.75) is 68.4 Å².